The molecule has 10 heteroatoms. The first-order valence-electron chi connectivity index (χ1n) is 5.58. The molecule has 1 aliphatic heterocycles. The van der Waals surface area contributed by atoms with E-state index in [1.54, 1.807) is 0 Å². The lowest BCUT2D eigenvalue weighted by Crippen LogP contribution is -2.46. The van der Waals surface area contributed by atoms with Crippen LogP contribution < -0.4 is 11.4 Å². The first-order valence-corrected chi connectivity index (χ1v) is 5.58. The number of hydrogen-bond donors (Lipinski definition) is 3. The Kier molecular flexibility index (Phi) is 3.61. The van der Waals surface area contributed by atoms with Gasteiger partial charge in [-0.15, -0.1) is 0 Å². The van der Waals surface area contributed by atoms with E-state index in [2.05, 4.69) is 15.0 Å². The number of anilines is 1. The molecule has 0 aromatic carbocycles. The number of aliphatic hydroxyl groups excluding tert-OH is 2. The Balaban J connectivity index is 2.35. The van der Waals surface area contributed by atoms with Crippen molar-refractivity contribution in [3.63, 3.8) is 0 Å². The Morgan fingerprint density at radius 2 is 2.45 bits per heavy atom. The van der Waals surface area contributed by atoms with Crippen LogP contribution in [0.3, 0.4) is 0 Å². The molecule has 0 bridgehead atoms. The lowest BCUT2D eigenvalue weighted by Gasteiger charge is -2.28. The minimum Gasteiger partial charge on any atom is -0.466 e. The number of nitrogen functional groups attached to an aromatic ring is 1. The third kappa shape index (κ3) is 2.30. The van der Waals surface area contributed by atoms with Crippen LogP contribution in [-0.2, 0) is 4.74 Å². The Labute approximate surface area is 112 Å². The van der Waals surface area contributed by atoms with E-state index in [1.807, 2.05) is 0 Å². The predicted octanol–water partition coefficient (Wildman–Crippen LogP) is -0.944. The van der Waals surface area contributed by atoms with Crippen LogP contribution in [0.25, 0.3) is 16.3 Å². The minimum atomic E-state index is -1.51. The Bertz CT molecular complexity index is 649. The first kappa shape index (κ1) is 13.9. The molecular weight excluding hydrogens is 268 g/mol. The Morgan fingerprint density at radius 1 is 1.70 bits per heavy atom. The van der Waals surface area contributed by atoms with Crippen molar-refractivity contribution in [1.82, 2.24) is 9.55 Å². The SMILES string of the molecule is [N-]=[N+]=NC[C@]1(CO)OC(n2ccc(N)nc2=O)=C[C@@H]1O. The smallest absolute Gasteiger partial charge is 0.356 e. The van der Waals surface area contributed by atoms with Gasteiger partial charge in [-0.2, -0.15) is 4.98 Å². The van der Waals surface area contributed by atoms with Gasteiger partial charge in [-0.1, -0.05) is 5.11 Å². The fraction of sp³-hybridized carbons (Fsp3) is 0.400. The average molecular weight is 280 g/mol. The van der Waals surface area contributed by atoms with Gasteiger partial charge in [-0.25, -0.2) is 9.36 Å². The molecule has 0 fully saturated rings. The number of azide groups is 1. The molecule has 2 rings (SSSR count). The van der Waals surface area contributed by atoms with Gasteiger partial charge in [0.2, 0.25) is 5.88 Å². The fourth-order valence-corrected chi connectivity index (χ4v) is 1.76. The second-order valence-electron chi connectivity index (χ2n) is 4.17. The third-order valence-electron chi connectivity index (χ3n) is 2.88. The summed E-state index contributed by atoms with van der Waals surface area (Å²) in [6, 6.07) is 1.38. The zero-order valence-electron chi connectivity index (χ0n) is 10.2. The predicted molar refractivity (Wildman–Crippen MR) is 68.1 cm³/mol. The molecule has 0 unspecified atom stereocenters. The van der Waals surface area contributed by atoms with Crippen molar-refractivity contribution in [2.24, 2.45) is 5.11 Å². The molecule has 0 amide bonds. The topological polar surface area (TPSA) is 159 Å². The van der Waals surface area contributed by atoms with Gasteiger partial charge < -0.3 is 20.7 Å². The zero-order valence-corrected chi connectivity index (χ0v) is 10.2. The van der Waals surface area contributed by atoms with Gasteiger partial charge in [0, 0.05) is 17.2 Å². The Hall–Kier alpha value is -2.55. The lowest BCUT2D eigenvalue weighted by molar-refractivity contribution is -0.0622. The van der Waals surface area contributed by atoms with Crippen molar-refractivity contribution >= 4 is 11.7 Å². The molecule has 2 heterocycles. The van der Waals surface area contributed by atoms with Crippen molar-refractivity contribution in [1.29, 1.82) is 0 Å². The maximum Gasteiger partial charge on any atom is 0.356 e. The van der Waals surface area contributed by atoms with Crippen LogP contribution in [-0.4, -0.2) is 44.6 Å². The molecule has 0 aliphatic carbocycles. The summed E-state index contributed by atoms with van der Waals surface area (Å²) in [5.41, 5.74) is 11.5. The maximum absolute atomic E-state index is 11.7. The minimum absolute atomic E-state index is 0.0165. The van der Waals surface area contributed by atoms with Crippen molar-refractivity contribution in [2.45, 2.75) is 11.7 Å². The van der Waals surface area contributed by atoms with E-state index in [9.17, 15) is 15.0 Å². The molecule has 0 spiro atoms. The third-order valence-corrected chi connectivity index (χ3v) is 2.88. The molecular formula is C10H12N6O4. The van der Waals surface area contributed by atoms with E-state index in [0.717, 1.165) is 4.57 Å². The molecule has 0 radical (unpaired) electrons. The molecule has 1 aromatic heterocycles. The summed E-state index contributed by atoms with van der Waals surface area (Å²) in [5.74, 6) is 0.0325. The van der Waals surface area contributed by atoms with Crippen molar-refractivity contribution in [3.8, 4) is 0 Å². The van der Waals surface area contributed by atoms with Gasteiger partial charge in [0.1, 0.15) is 11.9 Å². The Morgan fingerprint density at radius 3 is 3.05 bits per heavy atom. The van der Waals surface area contributed by atoms with E-state index in [0.29, 0.717) is 0 Å². The molecule has 20 heavy (non-hydrogen) atoms. The molecule has 2 atom stereocenters. The standard InChI is InChI=1S/C10H12N6O4/c11-7-1-2-16(9(19)14-7)8-3-6(18)10(5-17,20-8)4-13-15-12/h1-3,6,17-18H,4-5H2,(H2,11,14,19)/t6-,10+/m0/s1. The van der Waals surface area contributed by atoms with Gasteiger partial charge in [0.15, 0.2) is 5.60 Å². The molecule has 106 valence electrons. The second-order valence-corrected chi connectivity index (χ2v) is 4.17. The summed E-state index contributed by atoms with van der Waals surface area (Å²) in [7, 11) is 0. The molecule has 0 saturated carbocycles. The maximum atomic E-state index is 11.7. The van der Waals surface area contributed by atoms with Crippen molar-refractivity contribution in [2.75, 3.05) is 18.9 Å². The van der Waals surface area contributed by atoms with Crippen LogP contribution in [0.4, 0.5) is 5.82 Å². The quantitative estimate of drug-likeness (QED) is 0.366. The normalized spacial score (nSPS) is 24.7. The molecule has 1 aromatic rings. The number of aliphatic hydroxyl groups is 2. The highest BCUT2D eigenvalue weighted by molar-refractivity contribution is 5.45. The largest absolute Gasteiger partial charge is 0.466 e. The van der Waals surface area contributed by atoms with Crippen LogP contribution >= 0.6 is 0 Å². The van der Waals surface area contributed by atoms with E-state index in [1.165, 1.54) is 18.3 Å². The fourth-order valence-electron chi connectivity index (χ4n) is 1.76. The molecule has 10 nitrogen and oxygen atoms in total. The van der Waals surface area contributed by atoms with E-state index in [4.69, 9.17) is 16.0 Å². The highest BCUT2D eigenvalue weighted by Crippen LogP contribution is 2.31. The van der Waals surface area contributed by atoms with Gasteiger partial charge in [-0.3, -0.25) is 0 Å². The van der Waals surface area contributed by atoms with Crippen molar-refractivity contribution in [3.05, 3.63) is 39.3 Å². The van der Waals surface area contributed by atoms with Crippen LogP contribution in [0.1, 0.15) is 0 Å². The number of aromatic nitrogens is 2. The highest BCUT2D eigenvalue weighted by atomic mass is 16.5. The molecule has 4 N–H and O–H groups in total. The van der Waals surface area contributed by atoms with Gasteiger partial charge in [0.25, 0.3) is 0 Å². The number of rotatable bonds is 4. The molecule has 0 saturated heterocycles. The number of nitrogens with two attached hydrogens (primary N) is 1. The number of hydrogen-bond acceptors (Lipinski definition) is 7. The summed E-state index contributed by atoms with van der Waals surface area (Å²) in [6.07, 6.45) is 1.31. The summed E-state index contributed by atoms with van der Waals surface area (Å²) in [6.45, 7) is -0.886. The van der Waals surface area contributed by atoms with Gasteiger partial charge >= 0.3 is 5.69 Å². The van der Waals surface area contributed by atoms with E-state index >= 15 is 0 Å². The summed E-state index contributed by atoms with van der Waals surface area (Å²) >= 11 is 0. The monoisotopic (exact) mass is 280 g/mol. The van der Waals surface area contributed by atoms with E-state index < -0.39 is 24.0 Å². The number of nitrogens with zero attached hydrogens (tertiary/aromatic N) is 5. The van der Waals surface area contributed by atoms with Crippen LogP contribution in [0, 0.1) is 0 Å². The summed E-state index contributed by atoms with van der Waals surface area (Å²) < 4.78 is 6.42. The lowest BCUT2D eigenvalue weighted by atomic mass is 9.99. The number of ether oxygens (including phenoxy) is 1. The highest BCUT2D eigenvalue weighted by Gasteiger charge is 2.44. The molecule has 1 aliphatic rings. The second kappa shape index (κ2) is 5.21. The van der Waals surface area contributed by atoms with Crippen LogP contribution in [0.2, 0.25) is 0 Å². The van der Waals surface area contributed by atoms with Crippen molar-refractivity contribution < 1.29 is 14.9 Å². The van der Waals surface area contributed by atoms with E-state index in [-0.39, 0.29) is 18.2 Å². The summed E-state index contributed by atoms with van der Waals surface area (Å²) in [5, 5.41) is 22.6. The average Bonchev–Trinajstić information content (AvgIpc) is 2.74. The van der Waals surface area contributed by atoms with Crippen LogP contribution in [0.15, 0.2) is 28.2 Å². The zero-order chi connectivity index (χ0) is 14.8. The van der Waals surface area contributed by atoms with Gasteiger partial charge in [-0.05, 0) is 11.6 Å². The van der Waals surface area contributed by atoms with Gasteiger partial charge in [0.05, 0.1) is 13.2 Å². The van der Waals surface area contributed by atoms with Crippen LogP contribution in [0.5, 0.6) is 0 Å². The summed E-state index contributed by atoms with van der Waals surface area (Å²) in [4.78, 5) is 17.7. The first-order chi connectivity index (χ1) is 9.52.